The number of halogens is 3. The summed E-state index contributed by atoms with van der Waals surface area (Å²) >= 11 is 5.97. The van der Waals surface area contributed by atoms with Crippen molar-refractivity contribution >= 4 is 17.5 Å². The Bertz CT molecular complexity index is 1140. The molecule has 0 aliphatic carbocycles. The fourth-order valence-corrected chi connectivity index (χ4v) is 5.06. The van der Waals surface area contributed by atoms with E-state index >= 15 is 4.39 Å². The summed E-state index contributed by atoms with van der Waals surface area (Å²) in [5.41, 5.74) is 1.91. The minimum Gasteiger partial charge on any atom is -0.336 e. The highest BCUT2D eigenvalue weighted by molar-refractivity contribution is 6.30. The predicted molar refractivity (Wildman–Crippen MR) is 119 cm³/mol. The molecule has 2 saturated heterocycles. The number of piperidine rings is 1. The first-order valence-electron chi connectivity index (χ1n) is 10.8. The van der Waals surface area contributed by atoms with Crippen LogP contribution < -0.4 is 0 Å². The van der Waals surface area contributed by atoms with Gasteiger partial charge in [-0.05, 0) is 54.7 Å². The van der Waals surface area contributed by atoms with Crippen molar-refractivity contribution in [3.8, 4) is 11.3 Å². The van der Waals surface area contributed by atoms with Gasteiger partial charge in [0.05, 0.1) is 16.3 Å². The number of amides is 1. The van der Waals surface area contributed by atoms with Crippen LogP contribution in [0.2, 0.25) is 5.02 Å². The number of carbonyl (C=O) groups is 1. The van der Waals surface area contributed by atoms with Crippen LogP contribution in [-0.2, 0) is 0 Å². The molecule has 0 unspecified atom stereocenters. The average molecular weight is 457 g/mol. The Morgan fingerprint density at radius 1 is 1.09 bits per heavy atom. The molecule has 2 fully saturated rings. The van der Waals surface area contributed by atoms with Gasteiger partial charge in [0.1, 0.15) is 11.6 Å². The molecule has 0 radical (unpaired) electrons. The SMILES string of the molecule is O=C(c1cccc(-c2cc[nH]n2)c1F)N1CCN2C[C@@H](c3ccc(F)c(Cl)c3)CC[C@@H]2C1. The van der Waals surface area contributed by atoms with Gasteiger partial charge < -0.3 is 4.90 Å². The highest BCUT2D eigenvalue weighted by Crippen LogP contribution is 2.34. The van der Waals surface area contributed by atoms with Crippen molar-refractivity contribution in [2.45, 2.75) is 24.8 Å². The number of piperazine rings is 1. The molecule has 2 aromatic carbocycles. The standard InChI is InChI=1S/C24H23ClF2N4O/c25-20-12-15(5-7-21(20)26)16-4-6-17-14-31(11-10-30(17)13-16)24(32)19-3-1-2-18(23(19)27)22-8-9-28-29-22/h1-3,5,7-9,12,16-17H,4,6,10-11,13-14H2,(H,28,29)/t16-,17+/m0/s1. The highest BCUT2D eigenvalue weighted by Gasteiger charge is 2.36. The molecule has 1 amide bonds. The maximum atomic E-state index is 15.1. The molecule has 5 rings (SSSR count). The van der Waals surface area contributed by atoms with E-state index in [4.69, 9.17) is 11.6 Å². The van der Waals surface area contributed by atoms with Gasteiger partial charge in [0.2, 0.25) is 0 Å². The molecule has 0 spiro atoms. The van der Waals surface area contributed by atoms with Crippen molar-refractivity contribution in [2.24, 2.45) is 0 Å². The average Bonchev–Trinajstić information content (AvgIpc) is 3.34. The summed E-state index contributed by atoms with van der Waals surface area (Å²) in [4.78, 5) is 17.3. The molecular formula is C24H23ClF2N4O. The van der Waals surface area contributed by atoms with Crippen LogP contribution in [0.15, 0.2) is 48.7 Å². The lowest BCUT2D eigenvalue weighted by atomic mass is 9.86. The Labute approximate surface area is 190 Å². The Morgan fingerprint density at radius 2 is 1.97 bits per heavy atom. The number of aromatic amines is 1. The van der Waals surface area contributed by atoms with E-state index in [-0.39, 0.29) is 28.5 Å². The van der Waals surface area contributed by atoms with Crippen molar-refractivity contribution in [2.75, 3.05) is 26.2 Å². The Balaban J connectivity index is 1.28. The first-order valence-corrected chi connectivity index (χ1v) is 11.2. The van der Waals surface area contributed by atoms with E-state index in [0.29, 0.717) is 24.3 Å². The molecule has 2 atom stereocenters. The van der Waals surface area contributed by atoms with E-state index in [1.54, 1.807) is 41.4 Å². The van der Waals surface area contributed by atoms with E-state index in [1.807, 2.05) is 0 Å². The second kappa shape index (κ2) is 8.64. The monoisotopic (exact) mass is 456 g/mol. The van der Waals surface area contributed by atoms with E-state index in [0.717, 1.165) is 31.5 Å². The zero-order chi connectivity index (χ0) is 22.2. The molecule has 2 aliphatic heterocycles. The van der Waals surface area contributed by atoms with Crippen LogP contribution in [0.4, 0.5) is 8.78 Å². The van der Waals surface area contributed by atoms with Gasteiger partial charge in [0.15, 0.2) is 0 Å². The quantitative estimate of drug-likeness (QED) is 0.621. The number of fused-ring (bicyclic) bond motifs is 1. The number of aromatic nitrogens is 2. The van der Waals surface area contributed by atoms with Gasteiger partial charge in [-0.25, -0.2) is 8.78 Å². The summed E-state index contributed by atoms with van der Waals surface area (Å²) < 4.78 is 28.6. The molecule has 8 heteroatoms. The van der Waals surface area contributed by atoms with E-state index in [1.165, 1.54) is 12.1 Å². The first-order chi connectivity index (χ1) is 15.5. The highest BCUT2D eigenvalue weighted by atomic mass is 35.5. The molecule has 0 saturated carbocycles. The fraction of sp³-hybridized carbons (Fsp3) is 0.333. The molecule has 32 heavy (non-hydrogen) atoms. The third-order valence-electron chi connectivity index (χ3n) is 6.62. The minimum atomic E-state index is -0.538. The number of nitrogens with one attached hydrogen (secondary N) is 1. The molecule has 3 aromatic rings. The normalized spacial score (nSPS) is 21.4. The van der Waals surface area contributed by atoms with Crippen molar-refractivity contribution < 1.29 is 13.6 Å². The molecule has 3 heterocycles. The first kappa shape index (κ1) is 21.1. The Kier molecular flexibility index (Phi) is 5.69. The summed E-state index contributed by atoms with van der Waals surface area (Å²) in [6.07, 6.45) is 3.48. The van der Waals surface area contributed by atoms with Crippen LogP contribution in [0, 0.1) is 11.6 Å². The molecule has 1 aromatic heterocycles. The van der Waals surface area contributed by atoms with Crippen molar-refractivity contribution in [1.82, 2.24) is 20.0 Å². The smallest absolute Gasteiger partial charge is 0.256 e. The second-order valence-corrected chi connectivity index (χ2v) is 8.88. The maximum Gasteiger partial charge on any atom is 0.256 e. The lowest BCUT2D eigenvalue weighted by Gasteiger charge is -2.46. The van der Waals surface area contributed by atoms with Crippen molar-refractivity contribution in [3.05, 3.63) is 76.4 Å². The minimum absolute atomic E-state index is 0.0774. The number of hydrogen-bond acceptors (Lipinski definition) is 3. The zero-order valence-electron chi connectivity index (χ0n) is 17.4. The number of benzene rings is 2. The predicted octanol–water partition coefficient (Wildman–Crippen LogP) is 4.71. The third-order valence-corrected chi connectivity index (χ3v) is 6.91. The van der Waals surface area contributed by atoms with Crippen molar-refractivity contribution in [1.29, 1.82) is 0 Å². The number of rotatable bonds is 3. The largest absolute Gasteiger partial charge is 0.336 e. The summed E-state index contributed by atoms with van der Waals surface area (Å²) in [6.45, 7) is 2.68. The molecular weight excluding hydrogens is 434 g/mol. The summed E-state index contributed by atoms with van der Waals surface area (Å²) in [5, 5.41) is 6.86. The molecule has 166 valence electrons. The third kappa shape index (κ3) is 3.91. The van der Waals surface area contributed by atoms with Gasteiger partial charge in [0.25, 0.3) is 5.91 Å². The number of nitrogens with zero attached hydrogens (tertiary/aromatic N) is 3. The van der Waals surface area contributed by atoms with Crippen LogP contribution in [0.1, 0.15) is 34.7 Å². The molecule has 0 bridgehead atoms. The summed E-state index contributed by atoms with van der Waals surface area (Å²) in [5.74, 6) is -0.940. The van der Waals surface area contributed by atoms with Crippen LogP contribution in [0.3, 0.4) is 0 Å². The van der Waals surface area contributed by atoms with Gasteiger partial charge in [-0.15, -0.1) is 0 Å². The van der Waals surface area contributed by atoms with Crippen LogP contribution in [0.5, 0.6) is 0 Å². The van der Waals surface area contributed by atoms with E-state index in [9.17, 15) is 9.18 Å². The van der Waals surface area contributed by atoms with Gasteiger partial charge in [-0.3, -0.25) is 14.8 Å². The molecule has 2 aliphatic rings. The van der Waals surface area contributed by atoms with Crippen LogP contribution >= 0.6 is 11.6 Å². The van der Waals surface area contributed by atoms with Crippen LogP contribution in [0.25, 0.3) is 11.3 Å². The molecule has 1 N–H and O–H groups in total. The maximum absolute atomic E-state index is 15.1. The fourth-order valence-electron chi connectivity index (χ4n) is 4.87. The summed E-state index contributed by atoms with van der Waals surface area (Å²) in [7, 11) is 0. The lowest BCUT2D eigenvalue weighted by Crippen LogP contribution is -2.57. The second-order valence-electron chi connectivity index (χ2n) is 8.47. The molecule has 5 nitrogen and oxygen atoms in total. The van der Waals surface area contributed by atoms with Gasteiger partial charge in [-0.2, -0.15) is 5.10 Å². The number of carbonyl (C=O) groups excluding carboxylic acids is 1. The van der Waals surface area contributed by atoms with Gasteiger partial charge >= 0.3 is 0 Å². The van der Waals surface area contributed by atoms with Crippen LogP contribution in [-0.4, -0.2) is 58.1 Å². The van der Waals surface area contributed by atoms with Gasteiger partial charge in [0, 0.05) is 44.0 Å². The van der Waals surface area contributed by atoms with Crippen molar-refractivity contribution in [3.63, 3.8) is 0 Å². The zero-order valence-corrected chi connectivity index (χ0v) is 18.2. The van der Waals surface area contributed by atoms with E-state index < -0.39 is 11.6 Å². The Morgan fingerprint density at radius 3 is 2.75 bits per heavy atom. The topological polar surface area (TPSA) is 52.2 Å². The Hall–Kier alpha value is -2.77. The summed E-state index contributed by atoms with van der Waals surface area (Å²) in [6, 6.07) is 11.7. The number of H-pyrrole nitrogens is 1. The number of hydrogen-bond donors (Lipinski definition) is 1. The lowest BCUT2D eigenvalue weighted by molar-refractivity contribution is 0.0326. The van der Waals surface area contributed by atoms with E-state index in [2.05, 4.69) is 15.1 Å². The van der Waals surface area contributed by atoms with Gasteiger partial charge in [-0.1, -0.05) is 23.7 Å².